The summed E-state index contributed by atoms with van der Waals surface area (Å²) in [4.78, 5) is 31.4. The number of anilines is 2. The summed E-state index contributed by atoms with van der Waals surface area (Å²) < 4.78 is 0.435. The molecule has 0 saturated carbocycles. The van der Waals surface area contributed by atoms with Gasteiger partial charge in [0.15, 0.2) is 9.45 Å². The minimum absolute atomic E-state index is 0.198. The van der Waals surface area contributed by atoms with Gasteiger partial charge in [-0.3, -0.25) is 19.8 Å². The van der Waals surface area contributed by atoms with Crippen molar-refractivity contribution in [2.45, 2.75) is 0 Å². The quantitative estimate of drug-likeness (QED) is 0.482. The van der Waals surface area contributed by atoms with Gasteiger partial charge in [0, 0.05) is 17.1 Å². The molecule has 1 aliphatic heterocycles. The van der Waals surface area contributed by atoms with Gasteiger partial charge in [-0.25, -0.2) is 4.98 Å². The van der Waals surface area contributed by atoms with Crippen LogP contribution in [0.2, 0.25) is 0 Å². The van der Waals surface area contributed by atoms with Crippen LogP contribution in [0.15, 0.2) is 71.1 Å². The Labute approximate surface area is 175 Å². The topological polar surface area (TPSA) is 62.3 Å². The molecule has 28 heavy (non-hydrogen) atoms. The first-order valence-electron chi connectivity index (χ1n) is 8.26. The second-order valence-corrected chi connectivity index (χ2v) is 8.34. The zero-order valence-electron chi connectivity index (χ0n) is 14.4. The zero-order valence-corrected chi connectivity index (χ0v) is 16.8. The van der Waals surface area contributed by atoms with Crippen molar-refractivity contribution in [1.82, 2.24) is 4.98 Å². The lowest BCUT2D eigenvalue weighted by Crippen LogP contribution is -2.27. The van der Waals surface area contributed by atoms with Crippen molar-refractivity contribution in [3.05, 3.63) is 82.2 Å². The van der Waals surface area contributed by atoms with Crippen LogP contribution in [0.3, 0.4) is 0 Å². The van der Waals surface area contributed by atoms with E-state index in [1.54, 1.807) is 35.8 Å². The first-order valence-corrected chi connectivity index (χ1v) is 10.4. The molecule has 1 fully saturated rings. The molecule has 0 radical (unpaired) electrons. The van der Waals surface area contributed by atoms with Gasteiger partial charge in [0.05, 0.1) is 10.6 Å². The molecular weight excluding hydrogens is 410 g/mol. The number of thioether (sulfide) groups is 1. The van der Waals surface area contributed by atoms with Crippen LogP contribution in [0, 0.1) is 0 Å². The molecule has 2 amide bonds. The van der Waals surface area contributed by atoms with E-state index in [2.05, 4.69) is 10.3 Å². The fraction of sp³-hybridized carbons (Fsp3) is 0. The number of aromatic nitrogens is 1. The molecule has 0 spiro atoms. The highest BCUT2D eigenvalue weighted by Crippen LogP contribution is 2.36. The third-order valence-electron chi connectivity index (χ3n) is 3.91. The normalized spacial score (nSPS) is 15.3. The van der Waals surface area contributed by atoms with Crippen LogP contribution < -0.4 is 10.2 Å². The van der Waals surface area contributed by atoms with Crippen molar-refractivity contribution in [3.63, 3.8) is 0 Å². The molecule has 1 N–H and O–H groups in total. The molecule has 0 bridgehead atoms. The van der Waals surface area contributed by atoms with Crippen LogP contribution >= 0.6 is 35.3 Å². The molecule has 2 heterocycles. The molecule has 1 saturated heterocycles. The third-order valence-corrected chi connectivity index (χ3v) is 5.90. The van der Waals surface area contributed by atoms with Crippen LogP contribution in [-0.4, -0.2) is 21.1 Å². The van der Waals surface area contributed by atoms with Crippen LogP contribution in [0.1, 0.15) is 15.9 Å². The molecule has 8 heteroatoms. The number of hydrogen-bond acceptors (Lipinski definition) is 6. The van der Waals surface area contributed by atoms with E-state index in [-0.39, 0.29) is 11.8 Å². The van der Waals surface area contributed by atoms with Gasteiger partial charge in [0.2, 0.25) is 0 Å². The summed E-state index contributed by atoms with van der Waals surface area (Å²) in [6, 6.07) is 16.4. The molecule has 2 aromatic carbocycles. The Morgan fingerprint density at radius 2 is 1.96 bits per heavy atom. The lowest BCUT2D eigenvalue weighted by molar-refractivity contribution is -0.113. The Balaban J connectivity index is 1.59. The fourth-order valence-corrected chi connectivity index (χ4v) is 4.45. The van der Waals surface area contributed by atoms with Crippen molar-refractivity contribution < 1.29 is 9.59 Å². The van der Waals surface area contributed by atoms with Crippen LogP contribution in [0.4, 0.5) is 10.8 Å². The van der Waals surface area contributed by atoms with Crippen LogP contribution in [0.5, 0.6) is 0 Å². The Kier molecular flexibility index (Phi) is 5.34. The zero-order chi connectivity index (χ0) is 19.5. The molecule has 1 aliphatic rings. The highest BCUT2D eigenvalue weighted by molar-refractivity contribution is 8.27. The number of nitrogens with one attached hydrogen (secondary N) is 1. The average molecular weight is 424 g/mol. The second kappa shape index (κ2) is 8.05. The minimum Gasteiger partial charge on any atom is -0.298 e. The van der Waals surface area contributed by atoms with Crippen molar-refractivity contribution in [1.29, 1.82) is 0 Å². The molecule has 3 aromatic rings. The maximum atomic E-state index is 12.9. The second-order valence-electron chi connectivity index (χ2n) is 5.77. The van der Waals surface area contributed by atoms with Gasteiger partial charge in [-0.2, -0.15) is 0 Å². The highest BCUT2D eigenvalue weighted by Gasteiger charge is 2.33. The molecule has 5 nitrogen and oxygen atoms in total. The van der Waals surface area contributed by atoms with Crippen molar-refractivity contribution in [2.24, 2.45) is 0 Å². The van der Waals surface area contributed by atoms with Crippen molar-refractivity contribution in [3.8, 4) is 0 Å². The van der Waals surface area contributed by atoms with E-state index < -0.39 is 0 Å². The summed E-state index contributed by atoms with van der Waals surface area (Å²) in [7, 11) is 0. The van der Waals surface area contributed by atoms with Gasteiger partial charge >= 0.3 is 0 Å². The largest absolute Gasteiger partial charge is 0.298 e. The number of thiocarbonyl (C=S) groups is 1. The Morgan fingerprint density at radius 1 is 1.14 bits per heavy atom. The van der Waals surface area contributed by atoms with Crippen LogP contribution in [0.25, 0.3) is 6.08 Å². The van der Waals surface area contributed by atoms with E-state index in [1.807, 2.05) is 36.4 Å². The Morgan fingerprint density at radius 3 is 2.71 bits per heavy atom. The number of rotatable bonds is 4. The summed E-state index contributed by atoms with van der Waals surface area (Å²) >= 11 is 8.00. The monoisotopic (exact) mass is 423 g/mol. The number of thiazole rings is 1. The molecule has 1 aromatic heterocycles. The molecule has 138 valence electrons. The van der Waals surface area contributed by atoms with E-state index in [0.29, 0.717) is 25.6 Å². The van der Waals surface area contributed by atoms with Gasteiger partial charge in [-0.1, -0.05) is 60.4 Å². The summed E-state index contributed by atoms with van der Waals surface area (Å²) in [5.74, 6) is -0.488. The molecule has 4 rings (SSSR count). The lowest BCUT2D eigenvalue weighted by atomic mass is 10.1. The smallest absolute Gasteiger partial charge is 0.270 e. The predicted octanol–water partition coefficient (Wildman–Crippen LogP) is 4.80. The molecule has 0 unspecified atom stereocenters. The van der Waals surface area contributed by atoms with E-state index >= 15 is 0 Å². The number of nitrogens with zero attached hydrogens (tertiary/aromatic N) is 2. The molecule has 0 atom stereocenters. The maximum absolute atomic E-state index is 12.9. The number of amides is 2. The van der Waals surface area contributed by atoms with Crippen molar-refractivity contribution >= 4 is 68.3 Å². The van der Waals surface area contributed by atoms with E-state index in [1.165, 1.54) is 28.0 Å². The number of hydrogen-bond donors (Lipinski definition) is 1. The minimum atomic E-state index is -0.290. The number of benzene rings is 2. The average Bonchev–Trinajstić information content (AvgIpc) is 3.31. The van der Waals surface area contributed by atoms with Crippen LogP contribution in [-0.2, 0) is 4.79 Å². The van der Waals surface area contributed by atoms with E-state index in [0.717, 1.165) is 5.56 Å². The van der Waals surface area contributed by atoms with Gasteiger partial charge in [0.1, 0.15) is 0 Å². The van der Waals surface area contributed by atoms with Gasteiger partial charge in [-0.05, 0) is 29.8 Å². The van der Waals surface area contributed by atoms with Gasteiger partial charge in [0.25, 0.3) is 11.8 Å². The Hall–Kier alpha value is -2.81. The van der Waals surface area contributed by atoms with Gasteiger partial charge in [-0.15, -0.1) is 11.3 Å². The summed E-state index contributed by atoms with van der Waals surface area (Å²) in [5.41, 5.74) is 1.92. The van der Waals surface area contributed by atoms with E-state index in [9.17, 15) is 9.59 Å². The standard InChI is InChI=1S/C20H13N3O2S3/c24-17(22-19-21-9-10-27-19)14-7-4-8-15(12-14)23-18(25)16(28-20(23)26)11-13-5-2-1-3-6-13/h1-12H,(H,21,22,24). The first-order chi connectivity index (χ1) is 13.6. The summed E-state index contributed by atoms with van der Waals surface area (Å²) in [6.45, 7) is 0. The maximum Gasteiger partial charge on any atom is 0.270 e. The molecule has 0 aliphatic carbocycles. The number of carbonyl (C=O) groups excluding carboxylic acids is 2. The molecular formula is C20H13N3O2S3. The van der Waals surface area contributed by atoms with Crippen molar-refractivity contribution in [2.75, 3.05) is 10.2 Å². The van der Waals surface area contributed by atoms with Gasteiger partial charge < -0.3 is 0 Å². The SMILES string of the molecule is O=C(Nc1nccs1)c1cccc(N2C(=O)C(=Cc3ccccc3)SC2=S)c1. The predicted molar refractivity (Wildman–Crippen MR) is 119 cm³/mol. The lowest BCUT2D eigenvalue weighted by Gasteiger charge is -2.15. The first kappa shape index (κ1) is 18.5. The summed E-state index contributed by atoms with van der Waals surface area (Å²) in [6.07, 6.45) is 3.44. The Bertz CT molecular complexity index is 1080. The third kappa shape index (κ3) is 3.89. The highest BCUT2D eigenvalue weighted by atomic mass is 32.2. The van der Waals surface area contributed by atoms with E-state index in [4.69, 9.17) is 12.2 Å². The number of carbonyl (C=O) groups is 2. The summed E-state index contributed by atoms with van der Waals surface area (Å²) in [5, 5.41) is 5.04. The fourth-order valence-electron chi connectivity index (χ4n) is 2.63.